The first kappa shape index (κ1) is 20.4. The molecule has 2 aliphatic rings. The molecule has 1 amide bonds. The van der Waals surface area contributed by atoms with Crippen LogP contribution in [-0.2, 0) is 16.1 Å². The number of aromatic nitrogens is 3. The first-order chi connectivity index (χ1) is 14.4. The van der Waals surface area contributed by atoms with Crippen LogP contribution in [0, 0.1) is 17.6 Å². The summed E-state index contributed by atoms with van der Waals surface area (Å²) >= 11 is 0. The van der Waals surface area contributed by atoms with Gasteiger partial charge in [0.15, 0.2) is 0 Å². The lowest BCUT2D eigenvalue weighted by Crippen LogP contribution is -2.54. The summed E-state index contributed by atoms with van der Waals surface area (Å²) < 4.78 is 34.6. The normalized spacial score (nSPS) is 17.3. The molecule has 2 fully saturated rings. The van der Waals surface area contributed by atoms with Crippen LogP contribution in [0.3, 0.4) is 0 Å². The average Bonchev–Trinajstić information content (AvgIpc) is 3.31. The molecule has 0 spiro atoms. The molecule has 30 heavy (non-hydrogen) atoms. The number of halogens is 2. The van der Waals surface area contributed by atoms with Gasteiger partial charge < -0.3 is 14.7 Å². The molecule has 1 saturated carbocycles. The van der Waals surface area contributed by atoms with E-state index in [1.54, 1.807) is 4.90 Å². The van der Waals surface area contributed by atoms with Gasteiger partial charge in [0.2, 0.25) is 5.91 Å². The average molecular weight is 420 g/mol. The molecule has 1 aliphatic heterocycles. The van der Waals surface area contributed by atoms with E-state index in [0.717, 1.165) is 29.7 Å². The molecule has 1 N–H and O–H groups in total. The number of aromatic carboxylic acids is 1. The minimum absolute atomic E-state index is 0.0149. The number of carbonyl (C=O) groups is 2. The molecule has 2 aromatic rings. The van der Waals surface area contributed by atoms with Crippen LogP contribution in [0.1, 0.15) is 48.2 Å². The molecular weight excluding hydrogens is 398 g/mol. The highest BCUT2D eigenvalue weighted by atomic mass is 19.1. The Balaban J connectivity index is 1.28. The van der Waals surface area contributed by atoms with Crippen molar-refractivity contribution < 1.29 is 28.2 Å². The van der Waals surface area contributed by atoms with Crippen LogP contribution in [0.25, 0.3) is 5.69 Å². The standard InChI is InChI=1S/C20H22F2N4O4/c21-16-6-14(7-17(22)19(16)20(28)29)26-8-13(23-24-26)11-30-15-9-25(10-15)18(27)5-12-3-1-2-4-12/h6-8,12,15H,1-5,9-11H2,(H,28,29). The van der Waals surface area contributed by atoms with Crippen LogP contribution in [0.2, 0.25) is 0 Å². The summed E-state index contributed by atoms with van der Waals surface area (Å²) in [6, 6.07) is 1.76. The number of carbonyl (C=O) groups excluding carboxylic acids is 1. The van der Waals surface area contributed by atoms with Crippen molar-refractivity contribution in [3.63, 3.8) is 0 Å². The quantitative estimate of drug-likeness (QED) is 0.739. The second kappa shape index (κ2) is 8.47. The van der Waals surface area contributed by atoms with Gasteiger partial charge in [0.1, 0.15) is 22.9 Å². The van der Waals surface area contributed by atoms with E-state index in [4.69, 9.17) is 9.84 Å². The minimum Gasteiger partial charge on any atom is -0.477 e. The summed E-state index contributed by atoms with van der Waals surface area (Å²) in [5.41, 5.74) is -0.547. The highest BCUT2D eigenvalue weighted by molar-refractivity contribution is 5.88. The van der Waals surface area contributed by atoms with Crippen molar-refractivity contribution >= 4 is 11.9 Å². The van der Waals surface area contributed by atoms with Crippen LogP contribution >= 0.6 is 0 Å². The van der Waals surface area contributed by atoms with Gasteiger partial charge in [-0.1, -0.05) is 18.1 Å². The predicted octanol–water partition coefficient (Wildman–Crippen LogP) is 2.55. The van der Waals surface area contributed by atoms with Gasteiger partial charge >= 0.3 is 5.97 Å². The largest absolute Gasteiger partial charge is 0.477 e. The zero-order valence-corrected chi connectivity index (χ0v) is 16.3. The summed E-state index contributed by atoms with van der Waals surface area (Å²) in [6.45, 7) is 1.24. The van der Waals surface area contributed by atoms with Gasteiger partial charge in [0.25, 0.3) is 0 Å². The van der Waals surface area contributed by atoms with E-state index in [-0.39, 0.29) is 24.3 Å². The summed E-state index contributed by atoms with van der Waals surface area (Å²) in [6.07, 6.45) is 6.71. The van der Waals surface area contributed by atoms with E-state index < -0.39 is 23.2 Å². The van der Waals surface area contributed by atoms with E-state index in [0.29, 0.717) is 31.1 Å². The van der Waals surface area contributed by atoms with Crippen molar-refractivity contribution in [1.29, 1.82) is 0 Å². The fraction of sp³-hybridized carbons (Fsp3) is 0.500. The zero-order valence-electron chi connectivity index (χ0n) is 16.3. The summed E-state index contributed by atoms with van der Waals surface area (Å²) in [7, 11) is 0. The Morgan fingerprint density at radius 3 is 2.47 bits per heavy atom. The molecule has 160 valence electrons. The number of rotatable bonds is 7. The Morgan fingerprint density at radius 1 is 1.17 bits per heavy atom. The van der Waals surface area contributed by atoms with Gasteiger partial charge in [0.05, 0.1) is 24.6 Å². The zero-order chi connectivity index (χ0) is 21.3. The summed E-state index contributed by atoms with van der Waals surface area (Å²) in [4.78, 5) is 24.9. The molecule has 1 aromatic carbocycles. The molecule has 1 aromatic heterocycles. The van der Waals surface area contributed by atoms with Crippen molar-refractivity contribution in [2.45, 2.75) is 44.8 Å². The second-order valence-electron chi connectivity index (χ2n) is 7.83. The Morgan fingerprint density at radius 2 is 1.83 bits per heavy atom. The number of carboxylic acid groups (broad SMARTS) is 1. The Kier molecular flexibility index (Phi) is 5.76. The maximum Gasteiger partial charge on any atom is 0.341 e. The van der Waals surface area contributed by atoms with Crippen molar-refractivity contribution in [2.75, 3.05) is 13.1 Å². The number of benzene rings is 1. The lowest BCUT2D eigenvalue weighted by molar-refractivity contribution is -0.146. The number of likely N-dealkylation sites (tertiary alicyclic amines) is 1. The van der Waals surface area contributed by atoms with Gasteiger partial charge in [-0.05, 0) is 18.8 Å². The molecule has 1 aliphatic carbocycles. The number of hydrogen-bond donors (Lipinski definition) is 1. The van der Waals surface area contributed by atoms with Gasteiger partial charge in [-0.2, -0.15) is 0 Å². The maximum atomic E-state index is 13.9. The van der Waals surface area contributed by atoms with Gasteiger partial charge in [-0.3, -0.25) is 4.79 Å². The van der Waals surface area contributed by atoms with E-state index in [9.17, 15) is 18.4 Å². The van der Waals surface area contributed by atoms with Crippen LogP contribution in [0.4, 0.5) is 8.78 Å². The molecule has 8 nitrogen and oxygen atoms in total. The van der Waals surface area contributed by atoms with Crippen molar-refractivity contribution in [2.24, 2.45) is 5.92 Å². The molecule has 0 unspecified atom stereocenters. The van der Waals surface area contributed by atoms with Crippen LogP contribution in [0.15, 0.2) is 18.3 Å². The first-order valence-electron chi connectivity index (χ1n) is 9.94. The smallest absolute Gasteiger partial charge is 0.341 e. The maximum absolute atomic E-state index is 13.9. The summed E-state index contributed by atoms with van der Waals surface area (Å²) in [5.74, 6) is -3.36. The molecular formula is C20H22F2N4O4. The van der Waals surface area contributed by atoms with Crippen molar-refractivity contribution in [1.82, 2.24) is 19.9 Å². The third-order valence-electron chi connectivity index (χ3n) is 5.65. The highest BCUT2D eigenvalue weighted by Gasteiger charge is 2.33. The molecule has 1 saturated heterocycles. The number of amides is 1. The number of ether oxygens (including phenoxy) is 1. The van der Waals surface area contributed by atoms with E-state index >= 15 is 0 Å². The molecule has 2 heterocycles. The van der Waals surface area contributed by atoms with E-state index in [1.165, 1.54) is 19.0 Å². The van der Waals surface area contributed by atoms with Crippen LogP contribution in [-0.4, -0.2) is 56.1 Å². The van der Waals surface area contributed by atoms with Crippen LogP contribution < -0.4 is 0 Å². The number of carboxylic acids is 1. The van der Waals surface area contributed by atoms with Crippen molar-refractivity contribution in [3.05, 3.63) is 41.2 Å². The lowest BCUT2D eigenvalue weighted by atomic mass is 10.0. The first-order valence-corrected chi connectivity index (χ1v) is 9.94. The second-order valence-corrected chi connectivity index (χ2v) is 7.83. The molecule has 4 rings (SSSR count). The molecule has 0 bridgehead atoms. The Bertz CT molecular complexity index is 929. The fourth-order valence-electron chi connectivity index (χ4n) is 3.93. The fourth-order valence-corrected chi connectivity index (χ4v) is 3.93. The monoisotopic (exact) mass is 420 g/mol. The van der Waals surface area contributed by atoms with Gasteiger partial charge in [0, 0.05) is 31.6 Å². The predicted molar refractivity (Wildman–Crippen MR) is 100.0 cm³/mol. The lowest BCUT2D eigenvalue weighted by Gasteiger charge is -2.39. The topological polar surface area (TPSA) is 97.5 Å². The Labute approximate surface area is 171 Å². The number of nitrogens with zero attached hydrogens (tertiary/aromatic N) is 4. The highest BCUT2D eigenvalue weighted by Crippen LogP contribution is 2.29. The third kappa shape index (κ3) is 4.33. The van der Waals surface area contributed by atoms with E-state index in [2.05, 4.69) is 10.3 Å². The SMILES string of the molecule is O=C(O)c1c(F)cc(-n2cc(COC3CN(C(=O)CC4CCCC4)C3)nn2)cc1F. The van der Waals surface area contributed by atoms with Crippen molar-refractivity contribution in [3.8, 4) is 5.69 Å². The summed E-state index contributed by atoms with van der Waals surface area (Å²) in [5, 5.41) is 16.5. The van der Waals surface area contributed by atoms with Gasteiger partial charge in [-0.15, -0.1) is 5.10 Å². The van der Waals surface area contributed by atoms with Crippen LogP contribution in [0.5, 0.6) is 0 Å². The molecule has 0 radical (unpaired) electrons. The Hall–Kier alpha value is -2.88. The van der Waals surface area contributed by atoms with E-state index in [1.807, 2.05) is 0 Å². The number of hydrogen-bond acceptors (Lipinski definition) is 5. The third-order valence-corrected chi connectivity index (χ3v) is 5.65. The minimum atomic E-state index is -1.68. The molecule has 10 heteroatoms. The van der Waals surface area contributed by atoms with Gasteiger partial charge in [-0.25, -0.2) is 18.3 Å². The molecule has 0 atom stereocenters.